The molecule has 0 aliphatic heterocycles. The zero-order valence-electron chi connectivity index (χ0n) is 11.4. The first-order valence-corrected chi connectivity index (χ1v) is 7.69. The van der Waals surface area contributed by atoms with Gasteiger partial charge in [0.15, 0.2) is 0 Å². The molecule has 0 aliphatic rings. The highest BCUT2D eigenvalue weighted by Gasteiger charge is 2.15. The van der Waals surface area contributed by atoms with Crippen LogP contribution >= 0.6 is 0 Å². The summed E-state index contributed by atoms with van der Waals surface area (Å²) >= 11 is 0. The minimum Gasteiger partial charge on any atom is -0.352 e. The molecule has 2 N–H and O–H groups in total. The fourth-order valence-electron chi connectivity index (χ4n) is 1.46. The summed E-state index contributed by atoms with van der Waals surface area (Å²) in [6.45, 7) is 5.57. The van der Waals surface area contributed by atoms with Gasteiger partial charge in [0.25, 0.3) is 0 Å². The Bertz CT molecular complexity index is 523. The molecule has 0 aromatic heterocycles. The van der Waals surface area contributed by atoms with E-state index in [1.165, 1.54) is 0 Å². The predicted octanol–water partition coefficient (Wildman–Crippen LogP) is 1.19. The number of hydrogen-bond donors (Lipinski definition) is 2. The van der Waals surface area contributed by atoms with Gasteiger partial charge in [-0.05, 0) is 26.0 Å². The fourth-order valence-corrected chi connectivity index (χ4v) is 2.59. The molecule has 0 fully saturated rings. The minimum atomic E-state index is -3.52. The Hall–Kier alpha value is -1.40. The molecule has 0 heterocycles. The smallest absolute Gasteiger partial charge is 0.240 e. The van der Waals surface area contributed by atoms with Gasteiger partial charge in [0.2, 0.25) is 15.9 Å². The fraction of sp³-hybridized carbons (Fsp3) is 0.462. The van der Waals surface area contributed by atoms with Crippen LogP contribution in [0.2, 0.25) is 0 Å². The zero-order valence-corrected chi connectivity index (χ0v) is 12.3. The third kappa shape index (κ3) is 5.00. The van der Waals surface area contributed by atoms with Gasteiger partial charge in [-0.25, -0.2) is 13.1 Å². The second-order valence-corrected chi connectivity index (χ2v) is 6.25. The quantitative estimate of drug-likeness (QED) is 0.824. The van der Waals surface area contributed by atoms with Crippen LogP contribution in [-0.4, -0.2) is 26.9 Å². The molecule has 0 saturated carbocycles. The average molecular weight is 284 g/mol. The van der Waals surface area contributed by atoms with Gasteiger partial charge in [-0.2, -0.15) is 0 Å². The van der Waals surface area contributed by atoms with Crippen LogP contribution in [0.25, 0.3) is 0 Å². The van der Waals surface area contributed by atoms with Gasteiger partial charge in [-0.1, -0.05) is 24.6 Å². The number of rotatable bonds is 6. The molecule has 1 rings (SSSR count). The topological polar surface area (TPSA) is 75.3 Å². The Morgan fingerprint density at radius 2 is 1.84 bits per heavy atom. The second kappa shape index (κ2) is 6.68. The number of hydrogen-bond acceptors (Lipinski definition) is 3. The van der Waals surface area contributed by atoms with E-state index in [0.29, 0.717) is 6.42 Å². The number of amides is 1. The monoisotopic (exact) mass is 284 g/mol. The van der Waals surface area contributed by atoms with E-state index in [1.807, 2.05) is 6.92 Å². The van der Waals surface area contributed by atoms with E-state index in [4.69, 9.17) is 0 Å². The zero-order chi connectivity index (χ0) is 14.5. The van der Waals surface area contributed by atoms with E-state index in [2.05, 4.69) is 10.0 Å². The van der Waals surface area contributed by atoms with E-state index in [0.717, 1.165) is 5.56 Å². The maximum absolute atomic E-state index is 12.0. The minimum absolute atomic E-state index is 0.0953. The van der Waals surface area contributed by atoms with Crippen molar-refractivity contribution in [2.24, 2.45) is 0 Å². The molecule has 19 heavy (non-hydrogen) atoms. The number of sulfonamides is 1. The largest absolute Gasteiger partial charge is 0.352 e. The van der Waals surface area contributed by atoms with Gasteiger partial charge in [-0.15, -0.1) is 0 Å². The lowest BCUT2D eigenvalue weighted by Crippen LogP contribution is -2.41. The number of benzene rings is 1. The SMILES string of the molecule is CCC(=O)N[C@@H](C)CNS(=O)(=O)c1ccc(C)cc1. The maximum Gasteiger partial charge on any atom is 0.240 e. The van der Waals surface area contributed by atoms with Gasteiger partial charge in [-0.3, -0.25) is 4.79 Å². The van der Waals surface area contributed by atoms with Crippen LogP contribution in [0.15, 0.2) is 29.2 Å². The van der Waals surface area contributed by atoms with Gasteiger partial charge in [0, 0.05) is 19.0 Å². The lowest BCUT2D eigenvalue weighted by atomic mass is 10.2. The van der Waals surface area contributed by atoms with Crippen LogP contribution in [0, 0.1) is 6.92 Å². The number of nitrogens with one attached hydrogen (secondary N) is 2. The van der Waals surface area contributed by atoms with Crippen molar-refractivity contribution in [1.29, 1.82) is 0 Å². The number of carbonyl (C=O) groups is 1. The second-order valence-electron chi connectivity index (χ2n) is 4.49. The van der Waals surface area contributed by atoms with Crippen molar-refractivity contribution in [3.63, 3.8) is 0 Å². The Morgan fingerprint density at radius 3 is 2.37 bits per heavy atom. The van der Waals surface area contributed by atoms with E-state index < -0.39 is 10.0 Å². The molecule has 0 radical (unpaired) electrons. The van der Waals surface area contributed by atoms with Gasteiger partial charge >= 0.3 is 0 Å². The van der Waals surface area contributed by atoms with Crippen LogP contribution in [0.1, 0.15) is 25.8 Å². The third-order valence-corrected chi connectivity index (χ3v) is 4.08. The predicted molar refractivity (Wildman–Crippen MR) is 74.3 cm³/mol. The first-order valence-electron chi connectivity index (χ1n) is 6.21. The Kier molecular flexibility index (Phi) is 5.50. The molecule has 0 spiro atoms. The summed E-state index contributed by atoms with van der Waals surface area (Å²) in [5.74, 6) is -0.0953. The summed E-state index contributed by atoms with van der Waals surface area (Å²) in [7, 11) is -3.52. The normalized spacial score (nSPS) is 13.0. The number of aryl methyl sites for hydroxylation is 1. The molecule has 1 aromatic rings. The van der Waals surface area contributed by atoms with E-state index in [-0.39, 0.29) is 23.4 Å². The first kappa shape index (κ1) is 15.7. The lowest BCUT2D eigenvalue weighted by Gasteiger charge is -2.14. The standard InChI is InChI=1S/C13H20N2O3S/c1-4-13(16)15-11(3)9-14-19(17,18)12-7-5-10(2)6-8-12/h5-8,11,14H,4,9H2,1-3H3,(H,15,16)/t11-/m0/s1. The van der Waals surface area contributed by atoms with E-state index in [1.54, 1.807) is 38.1 Å². The van der Waals surface area contributed by atoms with Gasteiger partial charge in [0.1, 0.15) is 0 Å². The highest BCUT2D eigenvalue weighted by Crippen LogP contribution is 2.09. The molecule has 0 saturated heterocycles. The molecular weight excluding hydrogens is 264 g/mol. The lowest BCUT2D eigenvalue weighted by molar-refractivity contribution is -0.121. The molecule has 106 valence electrons. The van der Waals surface area contributed by atoms with Gasteiger partial charge in [0.05, 0.1) is 4.90 Å². The van der Waals surface area contributed by atoms with Gasteiger partial charge < -0.3 is 5.32 Å². The summed E-state index contributed by atoms with van der Waals surface area (Å²) in [6.07, 6.45) is 0.384. The number of carbonyl (C=O) groups excluding carboxylic acids is 1. The Balaban J connectivity index is 2.61. The van der Waals surface area contributed by atoms with Crippen LogP contribution in [0.5, 0.6) is 0 Å². The molecule has 0 unspecified atom stereocenters. The van der Waals surface area contributed by atoms with Crippen molar-refractivity contribution in [3.8, 4) is 0 Å². The molecular formula is C13H20N2O3S. The molecule has 5 nitrogen and oxygen atoms in total. The van der Waals surface area contributed by atoms with Crippen molar-refractivity contribution in [3.05, 3.63) is 29.8 Å². The molecule has 0 bridgehead atoms. The van der Waals surface area contributed by atoms with Crippen molar-refractivity contribution >= 4 is 15.9 Å². The summed E-state index contributed by atoms with van der Waals surface area (Å²) < 4.78 is 26.4. The highest BCUT2D eigenvalue weighted by molar-refractivity contribution is 7.89. The Morgan fingerprint density at radius 1 is 1.26 bits per heavy atom. The summed E-state index contributed by atoms with van der Waals surface area (Å²) in [4.78, 5) is 11.4. The summed E-state index contributed by atoms with van der Waals surface area (Å²) in [5.41, 5.74) is 1.00. The van der Waals surface area contributed by atoms with E-state index in [9.17, 15) is 13.2 Å². The van der Waals surface area contributed by atoms with Crippen molar-refractivity contribution in [2.75, 3.05) is 6.54 Å². The van der Waals surface area contributed by atoms with Crippen molar-refractivity contribution in [1.82, 2.24) is 10.0 Å². The molecule has 0 aliphatic carbocycles. The third-order valence-electron chi connectivity index (χ3n) is 2.64. The first-order chi connectivity index (χ1) is 8.85. The average Bonchev–Trinajstić information content (AvgIpc) is 2.37. The van der Waals surface area contributed by atoms with E-state index >= 15 is 0 Å². The van der Waals surface area contributed by atoms with Crippen LogP contribution in [0.3, 0.4) is 0 Å². The summed E-state index contributed by atoms with van der Waals surface area (Å²) in [5, 5.41) is 2.70. The molecule has 1 atom stereocenters. The van der Waals surface area contributed by atoms with Crippen molar-refractivity contribution in [2.45, 2.75) is 38.1 Å². The van der Waals surface area contributed by atoms with Crippen molar-refractivity contribution < 1.29 is 13.2 Å². The molecule has 1 aromatic carbocycles. The molecule has 6 heteroatoms. The van der Waals surface area contributed by atoms with Crippen LogP contribution in [0.4, 0.5) is 0 Å². The highest BCUT2D eigenvalue weighted by atomic mass is 32.2. The summed E-state index contributed by atoms with van der Waals surface area (Å²) in [6, 6.07) is 6.38. The molecule has 1 amide bonds. The maximum atomic E-state index is 12.0. The van der Waals surface area contributed by atoms with Crippen LogP contribution in [-0.2, 0) is 14.8 Å². The Labute approximate surface area is 114 Å². The van der Waals surface area contributed by atoms with Crippen LogP contribution < -0.4 is 10.0 Å².